The highest BCUT2D eigenvalue weighted by Gasteiger charge is 2.10. The molecule has 1 aromatic heterocycles. The molecule has 0 saturated heterocycles. The molecule has 0 aliphatic rings. The molecule has 3 aromatic rings. The number of amides is 1. The minimum Gasteiger partial charge on any atom is -0.487 e. The van der Waals surface area contributed by atoms with E-state index in [0.717, 1.165) is 34.4 Å². The first kappa shape index (κ1) is 22.7. The fraction of sp³-hybridized carbons (Fsp3) is 0.273. The Hall–Kier alpha value is -2.02. The van der Waals surface area contributed by atoms with Crippen molar-refractivity contribution in [2.75, 3.05) is 6.54 Å². The number of ether oxygens (including phenoxy) is 1. The average molecular weight is 511 g/mol. The minimum absolute atomic E-state index is 0.115. The molecule has 5 nitrogen and oxygen atoms in total. The molecule has 2 aromatic carbocycles. The molecule has 0 aliphatic heterocycles. The highest BCUT2D eigenvalue weighted by molar-refractivity contribution is 9.10. The number of halogens is 3. The summed E-state index contributed by atoms with van der Waals surface area (Å²) in [4.78, 5) is 12.5. The van der Waals surface area contributed by atoms with Gasteiger partial charge in [-0.15, -0.1) is 0 Å². The minimum atomic E-state index is -0.115. The molecule has 3 rings (SSSR count). The van der Waals surface area contributed by atoms with E-state index >= 15 is 0 Å². The van der Waals surface area contributed by atoms with Crippen LogP contribution in [0.4, 0.5) is 0 Å². The smallest absolute Gasteiger partial charge is 0.251 e. The van der Waals surface area contributed by atoms with Crippen molar-refractivity contribution >= 4 is 45.0 Å². The van der Waals surface area contributed by atoms with Gasteiger partial charge in [-0.05, 0) is 72.1 Å². The number of rotatable bonds is 8. The maximum absolute atomic E-state index is 12.5. The maximum atomic E-state index is 12.5. The van der Waals surface area contributed by atoms with Gasteiger partial charge < -0.3 is 10.1 Å². The fourth-order valence-corrected chi connectivity index (χ4v) is 3.73. The van der Waals surface area contributed by atoms with E-state index in [2.05, 4.69) is 26.3 Å². The van der Waals surface area contributed by atoms with Crippen LogP contribution in [0, 0.1) is 13.8 Å². The summed E-state index contributed by atoms with van der Waals surface area (Å²) in [5, 5.41) is 8.44. The van der Waals surface area contributed by atoms with Crippen molar-refractivity contribution < 1.29 is 9.53 Å². The van der Waals surface area contributed by atoms with Crippen LogP contribution in [-0.4, -0.2) is 22.2 Å². The van der Waals surface area contributed by atoms with Crippen LogP contribution in [0.2, 0.25) is 10.0 Å². The standard InChI is InChI=1S/C22H22BrCl2N3O2/c1-14-21(23)15(2)28(27-14)10-4-9-26-22(29)17-6-3-5-16(11-17)13-30-20-8-7-18(24)12-19(20)25/h3,5-8,11-12H,4,9-10,13H2,1-2H3,(H,26,29). The molecule has 0 fully saturated rings. The van der Waals surface area contributed by atoms with E-state index in [0.29, 0.717) is 34.5 Å². The molecule has 0 bridgehead atoms. The van der Waals surface area contributed by atoms with Crippen LogP contribution in [0.5, 0.6) is 5.75 Å². The zero-order valence-electron chi connectivity index (χ0n) is 16.7. The Morgan fingerprint density at radius 1 is 1.20 bits per heavy atom. The van der Waals surface area contributed by atoms with Gasteiger partial charge in [0.25, 0.3) is 5.91 Å². The van der Waals surface area contributed by atoms with Crippen molar-refractivity contribution in [2.45, 2.75) is 33.4 Å². The Labute approximate surface area is 194 Å². The second kappa shape index (κ2) is 10.3. The second-order valence-corrected chi connectivity index (χ2v) is 8.52. The van der Waals surface area contributed by atoms with Crippen molar-refractivity contribution in [1.29, 1.82) is 0 Å². The lowest BCUT2D eigenvalue weighted by Crippen LogP contribution is -2.25. The predicted octanol–water partition coefficient (Wildman–Crippen LogP) is 5.97. The van der Waals surface area contributed by atoms with E-state index in [-0.39, 0.29) is 5.91 Å². The Kier molecular flexibility index (Phi) is 7.81. The lowest BCUT2D eigenvalue weighted by Gasteiger charge is -2.10. The summed E-state index contributed by atoms with van der Waals surface area (Å²) in [5.74, 6) is 0.433. The zero-order chi connectivity index (χ0) is 21.7. The van der Waals surface area contributed by atoms with E-state index in [9.17, 15) is 4.79 Å². The largest absolute Gasteiger partial charge is 0.487 e. The van der Waals surface area contributed by atoms with Crippen LogP contribution in [-0.2, 0) is 13.2 Å². The van der Waals surface area contributed by atoms with Crippen molar-refractivity contribution in [2.24, 2.45) is 0 Å². The van der Waals surface area contributed by atoms with E-state index in [1.165, 1.54) is 0 Å². The summed E-state index contributed by atoms with van der Waals surface area (Å²) in [6, 6.07) is 12.4. The molecule has 0 radical (unpaired) electrons. The van der Waals surface area contributed by atoms with E-state index in [4.69, 9.17) is 27.9 Å². The molecule has 8 heteroatoms. The molecular formula is C22H22BrCl2N3O2. The molecule has 1 heterocycles. The van der Waals surface area contributed by atoms with Gasteiger partial charge in [0.15, 0.2) is 0 Å². The monoisotopic (exact) mass is 509 g/mol. The number of benzene rings is 2. The van der Waals surface area contributed by atoms with Crippen LogP contribution in [0.3, 0.4) is 0 Å². The normalized spacial score (nSPS) is 10.8. The highest BCUT2D eigenvalue weighted by Crippen LogP contribution is 2.28. The highest BCUT2D eigenvalue weighted by atomic mass is 79.9. The van der Waals surface area contributed by atoms with Crippen molar-refractivity contribution in [3.8, 4) is 5.75 Å². The van der Waals surface area contributed by atoms with E-state index < -0.39 is 0 Å². The lowest BCUT2D eigenvalue weighted by atomic mass is 10.1. The van der Waals surface area contributed by atoms with Crippen LogP contribution in [0.15, 0.2) is 46.9 Å². The van der Waals surface area contributed by atoms with Gasteiger partial charge >= 0.3 is 0 Å². The molecule has 1 amide bonds. The molecular weight excluding hydrogens is 489 g/mol. The van der Waals surface area contributed by atoms with Gasteiger partial charge in [-0.1, -0.05) is 35.3 Å². The Bertz CT molecular complexity index is 1050. The number of carbonyl (C=O) groups excluding carboxylic acids is 1. The number of nitrogens with one attached hydrogen (secondary N) is 1. The Morgan fingerprint density at radius 3 is 2.70 bits per heavy atom. The lowest BCUT2D eigenvalue weighted by molar-refractivity contribution is 0.0952. The summed E-state index contributed by atoms with van der Waals surface area (Å²) in [7, 11) is 0. The summed E-state index contributed by atoms with van der Waals surface area (Å²) in [5.41, 5.74) is 3.52. The molecule has 0 saturated carbocycles. The Balaban J connectivity index is 1.50. The predicted molar refractivity (Wildman–Crippen MR) is 124 cm³/mol. The molecule has 0 aliphatic carbocycles. The summed E-state index contributed by atoms with van der Waals surface area (Å²) in [6.45, 7) is 5.60. The number of aryl methyl sites for hydroxylation is 2. The van der Waals surface area contributed by atoms with Crippen molar-refractivity contribution in [3.63, 3.8) is 0 Å². The van der Waals surface area contributed by atoms with Gasteiger partial charge in [0.05, 0.1) is 15.2 Å². The van der Waals surface area contributed by atoms with Gasteiger partial charge in [-0.2, -0.15) is 5.10 Å². The number of hydrogen-bond acceptors (Lipinski definition) is 3. The molecule has 30 heavy (non-hydrogen) atoms. The molecule has 0 atom stereocenters. The first-order valence-electron chi connectivity index (χ1n) is 9.49. The molecule has 0 spiro atoms. The first-order valence-corrected chi connectivity index (χ1v) is 11.0. The SMILES string of the molecule is Cc1nn(CCCNC(=O)c2cccc(COc3ccc(Cl)cc3Cl)c2)c(C)c1Br. The van der Waals surface area contributed by atoms with Crippen LogP contribution in [0.1, 0.15) is 33.7 Å². The van der Waals surface area contributed by atoms with Crippen molar-refractivity contribution in [1.82, 2.24) is 15.1 Å². The van der Waals surface area contributed by atoms with Gasteiger partial charge in [0.1, 0.15) is 12.4 Å². The third-order valence-electron chi connectivity index (χ3n) is 4.60. The van der Waals surface area contributed by atoms with Crippen molar-refractivity contribution in [3.05, 3.63) is 79.5 Å². The van der Waals surface area contributed by atoms with Gasteiger partial charge in [0.2, 0.25) is 0 Å². The first-order chi connectivity index (χ1) is 14.3. The van der Waals surface area contributed by atoms with Gasteiger partial charge in [-0.25, -0.2) is 0 Å². The third-order valence-corrected chi connectivity index (χ3v) is 6.28. The molecule has 158 valence electrons. The number of carbonyl (C=O) groups is 1. The third kappa shape index (κ3) is 5.78. The zero-order valence-corrected chi connectivity index (χ0v) is 19.8. The number of nitrogens with zero attached hydrogens (tertiary/aromatic N) is 2. The van der Waals surface area contributed by atoms with Crippen LogP contribution in [0.25, 0.3) is 0 Å². The van der Waals surface area contributed by atoms with Gasteiger partial charge in [0, 0.05) is 29.4 Å². The average Bonchev–Trinajstić information content (AvgIpc) is 2.97. The molecule has 0 unspecified atom stereocenters. The topological polar surface area (TPSA) is 56.2 Å². The van der Waals surface area contributed by atoms with Crippen LogP contribution < -0.4 is 10.1 Å². The summed E-state index contributed by atoms with van der Waals surface area (Å²) in [6.07, 6.45) is 0.790. The maximum Gasteiger partial charge on any atom is 0.251 e. The molecule has 1 N–H and O–H groups in total. The van der Waals surface area contributed by atoms with E-state index in [1.807, 2.05) is 36.7 Å². The fourth-order valence-electron chi connectivity index (χ4n) is 2.98. The Morgan fingerprint density at radius 2 is 2.00 bits per heavy atom. The van der Waals surface area contributed by atoms with Gasteiger partial charge in [-0.3, -0.25) is 9.48 Å². The number of aromatic nitrogens is 2. The second-order valence-electron chi connectivity index (χ2n) is 6.88. The van der Waals surface area contributed by atoms with E-state index in [1.54, 1.807) is 24.3 Å². The summed E-state index contributed by atoms with van der Waals surface area (Å²) >= 11 is 15.6. The number of hydrogen-bond donors (Lipinski definition) is 1. The van der Waals surface area contributed by atoms with Crippen LogP contribution >= 0.6 is 39.1 Å². The quantitative estimate of drug-likeness (QED) is 0.380. The summed E-state index contributed by atoms with van der Waals surface area (Å²) < 4.78 is 8.73.